The van der Waals surface area contributed by atoms with Crippen LogP contribution in [0.4, 0.5) is 27.5 Å². The molecule has 0 saturated heterocycles. The Bertz CT molecular complexity index is 1390. The van der Waals surface area contributed by atoms with Gasteiger partial charge in [-0.2, -0.15) is 0 Å². The largest absolute Gasteiger partial charge is 0.510 e. The van der Waals surface area contributed by atoms with Crippen LogP contribution in [0.5, 0.6) is 0 Å². The van der Waals surface area contributed by atoms with Gasteiger partial charge in [0.05, 0.1) is 43.0 Å². The van der Waals surface area contributed by atoms with Gasteiger partial charge in [-0.25, -0.2) is 4.79 Å². The number of hydrogen-bond acceptors (Lipinski definition) is 11. The summed E-state index contributed by atoms with van der Waals surface area (Å²) >= 11 is 0. The van der Waals surface area contributed by atoms with Crippen molar-refractivity contribution in [2.45, 2.75) is 130 Å². The normalized spacial score (nSPS) is 13.8. The van der Waals surface area contributed by atoms with Crippen molar-refractivity contribution in [1.29, 1.82) is 0 Å². The van der Waals surface area contributed by atoms with E-state index in [1.807, 2.05) is 27.7 Å². The van der Waals surface area contributed by atoms with Crippen molar-refractivity contribution in [3.05, 3.63) is 88.0 Å². The van der Waals surface area contributed by atoms with E-state index in [2.05, 4.69) is 0 Å². The average molecular weight is 703 g/mol. The zero-order valence-corrected chi connectivity index (χ0v) is 29.9. The quantitative estimate of drug-likeness (QED) is 0.0640. The molecule has 276 valence electrons. The molecule has 2 unspecified atom stereocenters. The molecular weight excluding hydrogens is 652 g/mol. The third kappa shape index (κ3) is 10.2. The third-order valence-corrected chi connectivity index (χ3v) is 9.62. The predicted octanol–water partition coefficient (Wildman–Crippen LogP) is 10.6. The van der Waals surface area contributed by atoms with Gasteiger partial charge in [0, 0.05) is 24.0 Å². The number of carbonyl (C=O) groups is 1. The summed E-state index contributed by atoms with van der Waals surface area (Å²) < 4.78 is 12.4. The molecule has 0 N–H and O–H groups in total. The predicted molar refractivity (Wildman–Crippen MR) is 187 cm³/mol. The van der Waals surface area contributed by atoms with Crippen LogP contribution in [0.3, 0.4) is 0 Å². The summed E-state index contributed by atoms with van der Waals surface area (Å²) in [5.74, 6) is -0.933. The summed E-state index contributed by atoms with van der Waals surface area (Å²) in [6.45, 7) is 11.0. The summed E-state index contributed by atoms with van der Waals surface area (Å²) in [6, 6.07) is 6.41. The zero-order chi connectivity index (χ0) is 37.6. The number of nitro groups is 4. The Morgan fingerprint density at radius 1 is 0.580 bits per heavy atom. The molecule has 2 atom stereocenters. The summed E-state index contributed by atoms with van der Waals surface area (Å²) in [4.78, 5) is 59.1. The molecule has 0 heterocycles. The first kappa shape index (κ1) is 41.5. The van der Waals surface area contributed by atoms with Crippen molar-refractivity contribution in [2.24, 2.45) is 11.8 Å². The lowest BCUT2D eigenvalue weighted by Gasteiger charge is -2.41. The number of rotatable bonds is 22. The fourth-order valence-corrected chi connectivity index (χ4v) is 6.68. The van der Waals surface area contributed by atoms with Gasteiger partial charge in [-0.3, -0.25) is 40.5 Å². The first-order chi connectivity index (χ1) is 23.6. The SMILES string of the molecule is CCCCC(CCCC)C(C)(OC(=O)OC(C)(c1ccc([N+](=O)[O-])cc1[N+](=O)[O-])C(CCCC)CCCC)c1ccc([N+](=O)[O-])cc1[N+](=O)[O-]. The highest BCUT2D eigenvalue weighted by molar-refractivity contribution is 5.64. The summed E-state index contributed by atoms with van der Waals surface area (Å²) in [5.41, 5.74) is -5.69. The number of benzene rings is 2. The fourth-order valence-electron chi connectivity index (χ4n) is 6.68. The molecule has 2 aromatic rings. The maximum absolute atomic E-state index is 14.2. The van der Waals surface area contributed by atoms with Crippen molar-refractivity contribution >= 4 is 28.9 Å². The van der Waals surface area contributed by atoms with Crippen LogP contribution in [-0.2, 0) is 20.7 Å². The molecule has 0 amide bonds. The number of non-ortho nitro benzene ring substituents is 2. The Morgan fingerprint density at radius 3 is 1.12 bits per heavy atom. The van der Waals surface area contributed by atoms with Gasteiger partial charge in [-0.05, 0) is 51.7 Å². The number of carbonyl (C=O) groups excluding carboxylic acids is 1. The molecule has 0 bridgehead atoms. The Kier molecular flexibility index (Phi) is 15.7. The highest BCUT2D eigenvalue weighted by atomic mass is 16.7. The first-order valence-corrected chi connectivity index (χ1v) is 17.4. The van der Waals surface area contributed by atoms with E-state index in [4.69, 9.17) is 9.47 Å². The lowest BCUT2D eigenvalue weighted by Crippen LogP contribution is -2.43. The van der Waals surface area contributed by atoms with E-state index in [-0.39, 0.29) is 11.1 Å². The van der Waals surface area contributed by atoms with Crippen molar-refractivity contribution in [2.75, 3.05) is 0 Å². The number of nitro benzene ring substituents is 4. The molecule has 0 fully saturated rings. The van der Waals surface area contributed by atoms with E-state index in [0.717, 1.165) is 49.9 Å². The van der Waals surface area contributed by atoms with Crippen molar-refractivity contribution in [3.63, 3.8) is 0 Å². The van der Waals surface area contributed by atoms with Crippen LogP contribution in [-0.4, -0.2) is 25.8 Å². The van der Waals surface area contributed by atoms with Crippen LogP contribution in [0.15, 0.2) is 36.4 Å². The molecule has 50 heavy (non-hydrogen) atoms. The Balaban J connectivity index is 2.87. The topological polar surface area (TPSA) is 208 Å². The lowest BCUT2D eigenvalue weighted by atomic mass is 9.76. The summed E-state index contributed by atoms with van der Waals surface area (Å²) in [7, 11) is 0. The average Bonchev–Trinajstić information content (AvgIpc) is 3.07. The van der Waals surface area contributed by atoms with E-state index in [9.17, 15) is 45.3 Å². The molecule has 0 aliphatic heterocycles. The molecule has 0 aliphatic rings. The van der Waals surface area contributed by atoms with E-state index < -0.39 is 71.6 Å². The second-order valence-electron chi connectivity index (χ2n) is 13.1. The van der Waals surface area contributed by atoms with Gasteiger partial charge >= 0.3 is 6.16 Å². The van der Waals surface area contributed by atoms with Gasteiger partial charge in [0.1, 0.15) is 11.2 Å². The summed E-state index contributed by atoms with van der Waals surface area (Å²) in [5, 5.41) is 47.8. The Hall–Kier alpha value is -4.69. The summed E-state index contributed by atoms with van der Waals surface area (Å²) in [6.07, 6.45) is 6.72. The zero-order valence-electron chi connectivity index (χ0n) is 29.9. The molecule has 2 aromatic carbocycles. The molecule has 15 nitrogen and oxygen atoms in total. The van der Waals surface area contributed by atoms with Gasteiger partial charge < -0.3 is 9.47 Å². The fraction of sp³-hybridized carbons (Fsp3) is 0.629. The second-order valence-corrected chi connectivity index (χ2v) is 13.1. The van der Waals surface area contributed by atoms with Crippen molar-refractivity contribution < 1.29 is 34.0 Å². The minimum Gasteiger partial charge on any atom is -0.422 e. The smallest absolute Gasteiger partial charge is 0.422 e. The number of unbranched alkanes of at least 4 members (excludes halogenated alkanes) is 4. The standard InChI is InChI=1S/C35H50N4O11/c1-7-11-15-25(16-12-8-2)34(5,29-21-19-27(36(41)42)23-31(29)38(45)46)49-33(40)50-35(6,26(17-13-9-3)18-14-10-4)30-22-20-28(37(43)44)24-32(30)39(47)48/h19-26H,7-18H2,1-6H3. The van der Waals surface area contributed by atoms with Crippen LogP contribution in [0, 0.1) is 52.3 Å². The van der Waals surface area contributed by atoms with Crippen molar-refractivity contribution in [3.8, 4) is 0 Å². The molecule has 0 spiro atoms. The Morgan fingerprint density at radius 2 is 0.880 bits per heavy atom. The van der Waals surface area contributed by atoms with Crippen LogP contribution >= 0.6 is 0 Å². The lowest BCUT2D eigenvalue weighted by molar-refractivity contribution is -0.395. The molecule has 0 radical (unpaired) electrons. The van der Waals surface area contributed by atoms with Gasteiger partial charge in [0.2, 0.25) is 0 Å². The maximum Gasteiger partial charge on any atom is 0.510 e. The van der Waals surface area contributed by atoms with Crippen LogP contribution in [0.25, 0.3) is 0 Å². The van der Waals surface area contributed by atoms with Gasteiger partial charge in [-0.1, -0.05) is 79.1 Å². The van der Waals surface area contributed by atoms with Crippen LogP contribution in [0.2, 0.25) is 0 Å². The molecule has 2 rings (SSSR count). The monoisotopic (exact) mass is 702 g/mol. The van der Waals surface area contributed by atoms with Crippen LogP contribution < -0.4 is 0 Å². The minimum atomic E-state index is -1.70. The van der Waals surface area contributed by atoms with Gasteiger partial charge in [0.15, 0.2) is 0 Å². The maximum atomic E-state index is 14.2. The third-order valence-electron chi connectivity index (χ3n) is 9.62. The van der Waals surface area contributed by atoms with E-state index in [1.54, 1.807) is 0 Å². The molecular formula is C35H50N4O11. The van der Waals surface area contributed by atoms with Crippen LogP contribution in [0.1, 0.15) is 130 Å². The Labute approximate surface area is 292 Å². The molecule has 0 saturated carbocycles. The van der Waals surface area contributed by atoms with E-state index in [0.29, 0.717) is 51.4 Å². The first-order valence-electron chi connectivity index (χ1n) is 17.4. The minimum absolute atomic E-state index is 0.0428. The van der Waals surface area contributed by atoms with E-state index >= 15 is 0 Å². The highest BCUT2D eigenvalue weighted by Crippen LogP contribution is 2.48. The molecule has 0 aromatic heterocycles. The van der Waals surface area contributed by atoms with Gasteiger partial charge in [0.25, 0.3) is 22.7 Å². The number of hydrogen-bond donors (Lipinski definition) is 0. The highest BCUT2D eigenvalue weighted by Gasteiger charge is 2.49. The second kappa shape index (κ2) is 18.9. The van der Waals surface area contributed by atoms with Crippen molar-refractivity contribution in [1.82, 2.24) is 0 Å². The molecule has 0 aliphatic carbocycles. The van der Waals surface area contributed by atoms with E-state index in [1.165, 1.54) is 26.0 Å². The number of nitrogens with zero attached hydrogens (tertiary/aromatic N) is 4. The van der Waals surface area contributed by atoms with Gasteiger partial charge in [-0.15, -0.1) is 0 Å². The molecule has 15 heteroatoms. The number of ether oxygens (including phenoxy) is 2.